The summed E-state index contributed by atoms with van der Waals surface area (Å²) in [5.41, 5.74) is 2.06. The maximum absolute atomic E-state index is 12.0. The summed E-state index contributed by atoms with van der Waals surface area (Å²) in [6, 6.07) is 3.74. The SMILES string of the molecule is CNC(CCOCC(F)F)c1cc(Cl)cc2c1OCC2. The van der Waals surface area contributed by atoms with Gasteiger partial charge >= 0.3 is 0 Å². The van der Waals surface area contributed by atoms with Crippen LogP contribution in [0.1, 0.15) is 23.6 Å². The summed E-state index contributed by atoms with van der Waals surface area (Å²) in [6.07, 6.45) is -0.998. The van der Waals surface area contributed by atoms with E-state index >= 15 is 0 Å². The molecule has 1 atom stereocenters. The van der Waals surface area contributed by atoms with Gasteiger partial charge in [0.15, 0.2) is 0 Å². The van der Waals surface area contributed by atoms with E-state index in [9.17, 15) is 8.78 Å². The van der Waals surface area contributed by atoms with E-state index in [4.69, 9.17) is 21.1 Å². The number of nitrogens with one attached hydrogen (secondary N) is 1. The third kappa shape index (κ3) is 3.81. The first kappa shape index (κ1) is 15.5. The molecule has 3 nitrogen and oxygen atoms in total. The summed E-state index contributed by atoms with van der Waals surface area (Å²) in [5.74, 6) is 0.864. The average Bonchev–Trinajstić information content (AvgIpc) is 2.86. The zero-order valence-electron chi connectivity index (χ0n) is 11.3. The van der Waals surface area contributed by atoms with Crippen molar-refractivity contribution in [2.24, 2.45) is 0 Å². The number of benzene rings is 1. The quantitative estimate of drug-likeness (QED) is 0.785. The van der Waals surface area contributed by atoms with E-state index in [1.165, 1.54) is 0 Å². The fourth-order valence-electron chi connectivity index (χ4n) is 2.39. The lowest BCUT2D eigenvalue weighted by Crippen LogP contribution is -2.20. The summed E-state index contributed by atoms with van der Waals surface area (Å²) in [6.45, 7) is 0.388. The highest BCUT2D eigenvalue weighted by atomic mass is 35.5. The summed E-state index contributed by atoms with van der Waals surface area (Å²) >= 11 is 6.12. The largest absolute Gasteiger partial charge is 0.493 e. The van der Waals surface area contributed by atoms with Crippen LogP contribution >= 0.6 is 11.6 Å². The minimum Gasteiger partial charge on any atom is -0.493 e. The predicted octanol–water partition coefficient (Wildman–Crippen LogP) is 3.21. The van der Waals surface area contributed by atoms with Crippen molar-refractivity contribution in [3.63, 3.8) is 0 Å². The van der Waals surface area contributed by atoms with E-state index in [0.717, 1.165) is 23.3 Å². The molecule has 2 rings (SSSR count). The number of hydrogen-bond donors (Lipinski definition) is 1. The predicted molar refractivity (Wildman–Crippen MR) is 73.9 cm³/mol. The molecule has 0 aromatic heterocycles. The van der Waals surface area contributed by atoms with Crippen LogP contribution in [0.3, 0.4) is 0 Å². The molecule has 1 unspecified atom stereocenters. The van der Waals surface area contributed by atoms with Crippen molar-refractivity contribution in [1.82, 2.24) is 5.32 Å². The molecule has 1 aromatic carbocycles. The zero-order valence-corrected chi connectivity index (χ0v) is 12.1. The Kier molecular flexibility index (Phi) is 5.57. The first-order valence-corrected chi connectivity index (χ1v) is 6.98. The highest BCUT2D eigenvalue weighted by Gasteiger charge is 2.22. The van der Waals surface area contributed by atoms with E-state index < -0.39 is 13.0 Å². The molecule has 0 saturated heterocycles. The van der Waals surface area contributed by atoms with Crippen molar-refractivity contribution >= 4 is 11.6 Å². The Balaban J connectivity index is 2.04. The molecule has 20 heavy (non-hydrogen) atoms. The topological polar surface area (TPSA) is 30.5 Å². The second-order valence-electron chi connectivity index (χ2n) is 4.68. The Morgan fingerprint density at radius 2 is 2.25 bits per heavy atom. The van der Waals surface area contributed by atoms with E-state index in [1.807, 2.05) is 19.2 Å². The Morgan fingerprint density at radius 1 is 1.45 bits per heavy atom. The van der Waals surface area contributed by atoms with Crippen LogP contribution in [-0.2, 0) is 11.2 Å². The number of halogens is 3. The summed E-state index contributed by atoms with van der Waals surface area (Å²) < 4.78 is 34.6. The summed E-state index contributed by atoms with van der Waals surface area (Å²) in [4.78, 5) is 0. The van der Waals surface area contributed by atoms with Crippen LogP contribution < -0.4 is 10.1 Å². The molecule has 1 heterocycles. The lowest BCUT2D eigenvalue weighted by atomic mass is 10.00. The molecule has 1 aromatic rings. The first-order chi connectivity index (χ1) is 9.61. The molecule has 6 heteroatoms. The minimum absolute atomic E-state index is 0.0294. The van der Waals surface area contributed by atoms with Gasteiger partial charge in [0.05, 0.1) is 6.61 Å². The van der Waals surface area contributed by atoms with E-state index in [-0.39, 0.29) is 12.6 Å². The molecule has 0 amide bonds. The number of hydrogen-bond acceptors (Lipinski definition) is 3. The molecule has 1 aliphatic rings. The van der Waals surface area contributed by atoms with E-state index in [1.54, 1.807) is 0 Å². The van der Waals surface area contributed by atoms with Gasteiger partial charge in [-0.2, -0.15) is 0 Å². The molecular weight excluding hydrogens is 288 g/mol. The van der Waals surface area contributed by atoms with Gasteiger partial charge in [-0.05, 0) is 31.2 Å². The third-order valence-corrected chi connectivity index (χ3v) is 3.51. The maximum Gasteiger partial charge on any atom is 0.261 e. The second kappa shape index (κ2) is 7.20. The minimum atomic E-state index is -2.43. The highest BCUT2D eigenvalue weighted by molar-refractivity contribution is 6.30. The average molecular weight is 306 g/mol. The van der Waals surface area contributed by atoms with Crippen molar-refractivity contribution < 1.29 is 18.3 Å². The monoisotopic (exact) mass is 305 g/mol. The van der Waals surface area contributed by atoms with Crippen molar-refractivity contribution in [1.29, 1.82) is 0 Å². The molecule has 0 saturated carbocycles. The van der Waals surface area contributed by atoms with Gasteiger partial charge in [0.2, 0.25) is 0 Å². The number of ether oxygens (including phenoxy) is 2. The second-order valence-corrected chi connectivity index (χ2v) is 5.11. The molecule has 1 N–H and O–H groups in total. The first-order valence-electron chi connectivity index (χ1n) is 6.60. The van der Waals surface area contributed by atoms with Crippen LogP contribution in [0, 0.1) is 0 Å². The fraction of sp³-hybridized carbons (Fsp3) is 0.571. The van der Waals surface area contributed by atoms with Gasteiger partial charge in [-0.15, -0.1) is 0 Å². The molecule has 1 aliphatic heterocycles. The summed E-state index contributed by atoms with van der Waals surface area (Å²) in [5, 5.41) is 3.82. The van der Waals surface area contributed by atoms with Gasteiger partial charge in [0.25, 0.3) is 6.43 Å². The Bertz CT molecular complexity index is 457. The fourth-order valence-corrected chi connectivity index (χ4v) is 2.63. The molecule has 0 aliphatic carbocycles. The molecule has 112 valence electrons. The number of rotatable bonds is 7. The van der Waals surface area contributed by atoms with Gasteiger partial charge < -0.3 is 14.8 Å². The van der Waals surface area contributed by atoms with Gasteiger partial charge in [-0.3, -0.25) is 0 Å². The number of alkyl halides is 2. The van der Waals surface area contributed by atoms with Crippen LogP contribution in [0.4, 0.5) is 8.78 Å². The van der Waals surface area contributed by atoms with E-state index in [0.29, 0.717) is 18.1 Å². The van der Waals surface area contributed by atoms with Crippen LogP contribution in [0.2, 0.25) is 5.02 Å². The normalized spacial score (nSPS) is 15.2. The standard InChI is InChI=1S/C14H18ClF2NO2/c1-18-12(3-4-19-8-13(16)17)11-7-10(15)6-9-2-5-20-14(9)11/h6-7,12-13,18H,2-5,8H2,1H3. The Hall–Kier alpha value is -0.910. The molecule has 0 spiro atoms. The van der Waals surface area contributed by atoms with Gasteiger partial charge in [0.1, 0.15) is 12.4 Å². The van der Waals surface area contributed by atoms with E-state index in [2.05, 4.69) is 5.32 Å². The van der Waals surface area contributed by atoms with Crippen molar-refractivity contribution in [2.45, 2.75) is 25.3 Å². The van der Waals surface area contributed by atoms with Crippen LogP contribution in [0.15, 0.2) is 12.1 Å². The maximum atomic E-state index is 12.0. The Labute approximate surface area is 122 Å². The van der Waals surface area contributed by atoms with Crippen molar-refractivity contribution in [3.05, 3.63) is 28.3 Å². The van der Waals surface area contributed by atoms with Crippen LogP contribution in [-0.4, -0.2) is 33.3 Å². The Morgan fingerprint density at radius 3 is 2.95 bits per heavy atom. The van der Waals surface area contributed by atoms with Gasteiger partial charge in [-0.1, -0.05) is 11.6 Å². The van der Waals surface area contributed by atoms with Crippen molar-refractivity contribution in [2.75, 3.05) is 26.9 Å². The zero-order chi connectivity index (χ0) is 14.5. The third-order valence-electron chi connectivity index (χ3n) is 3.30. The molecule has 0 fully saturated rings. The molecule has 0 bridgehead atoms. The lowest BCUT2D eigenvalue weighted by Gasteiger charge is -2.19. The number of fused-ring (bicyclic) bond motifs is 1. The molecule has 0 radical (unpaired) electrons. The molecular formula is C14H18ClF2NO2. The smallest absolute Gasteiger partial charge is 0.261 e. The summed E-state index contributed by atoms with van der Waals surface area (Å²) in [7, 11) is 1.82. The highest BCUT2D eigenvalue weighted by Crippen LogP contribution is 2.37. The van der Waals surface area contributed by atoms with Crippen LogP contribution in [0.5, 0.6) is 5.75 Å². The van der Waals surface area contributed by atoms with Crippen molar-refractivity contribution in [3.8, 4) is 5.75 Å². The van der Waals surface area contributed by atoms with Gasteiger partial charge in [-0.25, -0.2) is 8.78 Å². The van der Waals surface area contributed by atoms with Gasteiger partial charge in [0, 0.05) is 29.7 Å². The lowest BCUT2D eigenvalue weighted by molar-refractivity contribution is 0.0145. The van der Waals surface area contributed by atoms with Crippen LogP contribution in [0.25, 0.3) is 0 Å².